The highest BCUT2D eigenvalue weighted by atomic mass is 16.7. The minimum atomic E-state index is -2.17. The van der Waals surface area contributed by atoms with Crippen LogP contribution in [0, 0.1) is 6.92 Å². The van der Waals surface area contributed by atoms with Gasteiger partial charge in [0.25, 0.3) is 5.91 Å². The van der Waals surface area contributed by atoms with Gasteiger partial charge in [0.05, 0.1) is 26.4 Å². The highest BCUT2D eigenvalue weighted by molar-refractivity contribution is 5.95. The van der Waals surface area contributed by atoms with E-state index in [2.05, 4.69) is 5.32 Å². The van der Waals surface area contributed by atoms with E-state index >= 15 is 0 Å². The lowest BCUT2D eigenvalue weighted by molar-refractivity contribution is -0.330. The highest BCUT2D eigenvalue weighted by Gasteiger charge is 2.56. The predicted molar refractivity (Wildman–Crippen MR) is 121 cm³/mol. The zero-order valence-corrected chi connectivity index (χ0v) is 19.0. The van der Waals surface area contributed by atoms with Crippen molar-refractivity contribution in [1.82, 2.24) is 5.32 Å². The average molecular weight is 478 g/mol. The van der Waals surface area contributed by atoms with E-state index in [1.54, 1.807) is 44.3 Å². The Bertz CT molecular complexity index is 985. The summed E-state index contributed by atoms with van der Waals surface area (Å²) in [5.41, 5.74) is 0.658. The van der Waals surface area contributed by atoms with Gasteiger partial charge in [-0.25, -0.2) is 0 Å². The zero-order chi connectivity index (χ0) is 24.9. The molecule has 186 valence electrons. The normalized spacial score (nSPS) is 26.8. The first kappa shape index (κ1) is 26.0. The Labute approximate surface area is 197 Å². The second-order valence-electron chi connectivity index (χ2n) is 8.15. The number of aryl methyl sites for hydroxylation is 1. The molecule has 0 bridgehead atoms. The maximum atomic E-state index is 11.9. The van der Waals surface area contributed by atoms with E-state index in [1.807, 2.05) is 12.1 Å². The molecular weight excluding hydrogens is 446 g/mol. The number of carbonyl (C=O) groups excluding carboxylic acids is 1. The van der Waals surface area contributed by atoms with Gasteiger partial charge in [0.1, 0.15) is 24.1 Å². The van der Waals surface area contributed by atoms with Crippen LogP contribution in [0.25, 0.3) is 11.1 Å². The molecule has 0 saturated carbocycles. The number of carbonyl (C=O) groups is 1. The van der Waals surface area contributed by atoms with E-state index in [0.717, 1.165) is 11.1 Å². The molecule has 1 fully saturated rings. The quantitative estimate of drug-likeness (QED) is 0.264. The largest absolute Gasteiger partial charge is 0.461 e. The molecular formula is C24H31NO9. The number of rotatable bonds is 9. The molecule has 0 aromatic heterocycles. The lowest BCUT2D eigenvalue weighted by Crippen LogP contribution is -2.69. The molecule has 1 amide bonds. The Morgan fingerprint density at radius 1 is 1.15 bits per heavy atom. The number of hydrogen-bond acceptors (Lipinski definition) is 9. The minimum absolute atomic E-state index is 0.107. The van der Waals surface area contributed by atoms with Crippen molar-refractivity contribution in [2.75, 3.05) is 33.5 Å². The van der Waals surface area contributed by atoms with Gasteiger partial charge in [-0.1, -0.05) is 18.2 Å². The van der Waals surface area contributed by atoms with Gasteiger partial charge in [0, 0.05) is 12.6 Å². The summed E-state index contributed by atoms with van der Waals surface area (Å²) in [4.78, 5) is 11.9. The number of aliphatic hydroxyl groups is 5. The monoisotopic (exact) mass is 477 g/mol. The molecule has 10 heteroatoms. The van der Waals surface area contributed by atoms with Gasteiger partial charge < -0.3 is 45.1 Å². The summed E-state index contributed by atoms with van der Waals surface area (Å²) in [6.45, 7) is 0.274. The van der Waals surface area contributed by atoms with Crippen LogP contribution in [0.3, 0.4) is 0 Å². The fraction of sp³-hybridized carbons (Fsp3) is 0.458. The molecule has 1 heterocycles. The van der Waals surface area contributed by atoms with Crippen LogP contribution in [0.5, 0.6) is 5.75 Å². The summed E-state index contributed by atoms with van der Waals surface area (Å²) in [5.74, 6) is 0.131. The minimum Gasteiger partial charge on any atom is -0.461 e. The van der Waals surface area contributed by atoms with E-state index in [4.69, 9.17) is 19.3 Å². The van der Waals surface area contributed by atoms with Gasteiger partial charge in [0.15, 0.2) is 5.60 Å². The van der Waals surface area contributed by atoms with Gasteiger partial charge in [-0.3, -0.25) is 4.79 Å². The van der Waals surface area contributed by atoms with Gasteiger partial charge in [-0.2, -0.15) is 0 Å². The molecule has 0 spiro atoms. The molecule has 5 atom stereocenters. The SMILES string of the molecule is CNC(=O)c1cccc(-c2ccc(O[C@H]3OC(CO)[C@@H](O)C(O)[C@@]3(O)COCCO)c(C)c2)c1. The van der Waals surface area contributed by atoms with E-state index < -0.39 is 43.4 Å². The van der Waals surface area contributed by atoms with Crippen molar-refractivity contribution in [3.05, 3.63) is 53.6 Å². The summed E-state index contributed by atoms with van der Waals surface area (Å²) in [7, 11) is 1.56. The van der Waals surface area contributed by atoms with Crippen LogP contribution in [0.4, 0.5) is 0 Å². The fourth-order valence-corrected chi connectivity index (χ4v) is 3.79. The van der Waals surface area contributed by atoms with E-state index in [-0.39, 0.29) is 19.1 Å². The maximum absolute atomic E-state index is 11.9. The van der Waals surface area contributed by atoms with E-state index in [0.29, 0.717) is 16.9 Å². The maximum Gasteiger partial charge on any atom is 0.251 e. The molecule has 2 aromatic carbocycles. The molecule has 1 saturated heterocycles. The van der Waals surface area contributed by atoms with Crippen LogP contribution in [-0.2, 0) is 9.47 Å². The molecule has 6 N–H and O–H groups in total. The first-order chi connectivity index (χ1) is 16.2. The summed E-state index contributed by atoms with van der Waals surface area (Å²) >= 11 is 0. The van der Waals surface area contributed by atoms with Gasteiger partial charge in [-0.05, 0) is 47.9 Å². The number of benzene rings is 2. The topological polar surface area (TPSA) is 158 Å². The van der Waals surface area contributed by atoms with Crippen LogP contribution in [0.15, 0.2) is 42.5 Å². The first-order valence-electron chi connectivity index (χ1n) is 10.9. The summed E-state index contributed by atoms with van der Waals surface area (Å²) in [6.07, 6.45) is -5.99. The van der Waals surface area contributed by atoms with Gasteiger partial charge in [0.2, 0.25) is 6.29 Å². The predicted octanol–water partition coefficient (Wildman–Crippen LogP) is -0.421. The molecule has 2 aromatic rings. The molecule has 1 aliphatic heterocycles. The zero-order valence-electron chi connectivity index (χ0n) is 19.0. The second kappa shape index (κ2) is 11.2. The van der Waals surface area contributed by atoms with E-state index in [1.165, 1.54) is 0 Å². The Hall–Kier alpha value is -2.57. The lowest BCUT2D eigenvalue weighted by atomic mass is 9.87. The van der Waals surface area contributed by atoms with E-state index in [9.17, 15) is 25.2 Å². The lowest BCUT2D eigenvalue weighted by Gasteiger charge is -2.47. The number of aliphatic hydroxyl groups excluding tert-OH is 4. The number of hydrogen-bond donors (Lipinski definition) is 6. The molecule has 34 heavy (non-hydrogen) atoms. The molecule has 0 radical (unpaired) electrons. The summed E-state index contributed by atoms with van der Waals surface area (Å²) in [5, 5.41) is 53.0. The highest BCUT2D eigenvalue weighted by Crippen LogP contribution is 2.34. The Morgan fingerprint density at radius 2 is 1.88 bits per heavy atom. The summed E-state index contributed by atoms with van der Waals surface area (Å²) < 4.78 is 16.7. The second-order valence-corrected chi connectivity index (χ2v) is 8.15. The third-order valence-corrected chi connectivity index (χ3v) is 5.77. The Morgan fingerprint density at radius 3 is 2.53 bits per heavy atom. The van der Waals surface area contributed by atoms with Crippen molar-refractivity contribution >= 4 is 5.91 Å². The molecule has 0 aliphatic carbocycles. The standard InChI is InChI=1S/C24H31NO9/c1-14-10-16(15-4-3-5-17(11-15)22(30)25-2)6-7-18(14)33-23-24(31,13-32-9-8-26)21(29)20(28)19(12-27)34-23/h3-7,10-11,19-21,23,26-29,31H,8-9,12-13H2,1-2H3,(H,25,30)/t19?,20-,21?,23+,24+/m1/s1. The smallest absolute Gasteiger partial charge is 0.251 e. The Kier molecular flexibility index (Phi) is 8.61. The number of nitrogens with one attached hydrogen (secondary N) is 1. The average Bonchev–Trinajstić information content (AvgIpc) is 2.85. The third kappa shape index (κ3) is 5.39. The van der Waals surface area contributed by atoms with Crippen LogP contribution >= 0.6 is 0 Å². The number of amides is 1. The van der Waals surface area contributed by atoms with Crippen LogP contribution in [0.1, 0.15) is 15.9 Å². The molecule has 3 rings (SSSR count). The Balaban J connectivity index is 1.87. The van der Waals surface area contributed by atoms with Crippen molar-refractivity contribution in [3.8, 4) is 16.9 Å². The van der Waals surface area contributed by atoms with Gasteiger partial charge in [-0.15, -0.1) is 0 Å². The van der Waals surface area contributed by atoms with Crippen molar-refractivity contribution in [1.29, 1.82) is 0 Å². The van der Waals surface area contributed by atoms with Crippen molar-refractivity contribution in [2.45, 2.75) is 37.1 Å². The van der Waals surface area contributed by atoms with Crippen molar-refractivity contribution < 1.29 is 44.5 Å². The van der Waals surface area contributed by atoms with Crippen LogP contribution in [0.2, 0.25) is 0 Å². The van der Waals surface area contributed by atoms with Crippen molar-refractivity contribution in [3.63, 3.8) is 0 Å². The fourth-order valence-electron chi connectivity index (χ4n) is 3.79. The number of ether oxygens (including phenoxy) is 3. The van der Waals surface area contributed by atoms with Crippen molar-refractivity contribution in [2.24, 2.45) is 0 Å². The first-order valence-corrected chi connectivity index (χ1v) is 10.9. The molecule has 2 unspecified atom stereocenters. The van der Waals surface area contributed by atoms with Gasteiger partial charge >= 0.3 is 0 Å². The molecule has 10 nitrogen and oxygen atoms in total. The summed E-state index contributed by atoms with van der Waals surface area (Å²) in [6, 6.07) is 12.4. The van der Waals surface area contributed by atoms with Crippen LogP contribution in [-0.4, -0.2) is 95.1 Å². The van der Waals surface area contributed by atoms with Crippen LogP contribution < -0.4 is 10.1 Å². The molecule has 1 aliphatic rings. The third-order valence-electron chi connectivity index (χ3n) is 5.77.